The molecule has 9 rings (SSSR count). The number of pyridine rings is 1. The second-order valence-electron chi connectivity index (χ2n) is 19.3. The summed E-state index contributed by atoms with van der Waals surface area (Å²) in [6.45, 7) is 15.0. The highest BCUT2D eigenvalue weighted by molar-refractivity contribution is 6.28. The fourth-order valence-electron chi connectivity index (χ4n) is 11.4. The molecule has 3 aliphatic heterocycles. The SMILES string of the molecule is CC1(C)C(NC(=O)c2ccc(N3CCC(CCN4CCN(c5ccc6c(c5)C(=O)C(C5CCC(=O)NC5=O)C6=O)CC4)CC3)cc2)C(C)(C)C1Oc1ccc(C#N)c2ncccc12. The van der Waals surface area contributed by atoms with E-state index in [1.165, 1.54) is 0 Å². The monoisotopic (exact) mass is 849 g/mol. The maximum Gasteiger partial charge on any atom is 0.251 e. The number of piperazine rings is 1. The molecule has 1 saturated carbocycles. The van der Waals surface area contributed by atoms with E-state index in [1.54, 1.807) is 18.3 Å². The molecule has 13 nitrogen and oxygen atoms in total. The third-order valence-electron chi connectivity index (χ3n) is 14.7. The van der Waals surface area contributed by atoms with Crippen molar-refractivity contribution in [3.63, 3.8) is 0 Å². The van der Waals surface area contributed by atoms with Gasteiger partial charge < -0.3 is 19.9 Å². The summed E-state index contributed by atoms with van der Waals surface area (Å²) in [4.78, 5) is 76.1. The third-order valence-corrected chi connectivity index (χ3v) is 14.7. The fourth-order valence-corrected chi connectivity index (χ4v) is 11.4. The fraction of sp³-hybridized carbons (Fsp3) is 0.460. The number of benzene rings is 3. The van der Waals surface area contributed by atoms with Crippen LogP contribution in [0.3, 0.4) is 0 Å². The molecular formula is C50H55N7O6. The Kier molecular flexibility index (Phi) is 11.1. The van der Waals surface area contributed by atoms with E-state index in [9.17, 15) is 29.2 Å². The number of nitrogens with one attached hydrogen (secondary N) is 2. The van der Waals surface area contributed by atoms with Crippen molar-refractivity contribution in [1.82, 2.24) is 20.5 Å². The average Bonchev–Trinajstić information content (AvgIpc) is 3.54. The molecule has 2 aliphatic carbocycles. The molecule has 13 heteroatoms. The number of anilines is 2. The van der Waals surface area contributed by atoms with Gasteiger partial charge in [-0.25, -0.2) is 0 Å². The molecule has 4 heterocycles. The zero-order chi connectivity index (χ0) is 44.2. The quantitative estimate of drug-likeness (QED) is 0.138. The second-order valence-corrected chi connectivity index (χ2v) is 19.3. The molecule has 3 saturated heterocycles. The first-order valence-corrected chi connectivity index (χ1v) is 22.4. The number of carbonyl (C=O) groups is 5. The molecule has 4 fully saturated rings. The van der Waals surface area contributed by atoms with Crippen LogP contribution in [0.15, 0.2) is 72.9 Å². The highest BCUT2D eigenvalue weighted by Gasteiger charge is 2.64. The number of amides is 3. The number of hydrogen-bond acceptors (Lipinski definition) is 11. The predicted octanol–water partition coefficient (Wildman–Crippen LogP) is 6.20. The number of ether oxygens (including phenoxy) is 1. The largest absolute Gasteiger partial charge is 0.488 e. The average molecular weight is 850 g/mol. The van der Waals surface area contributed by atoms with Gasteiger partial charge in [0.25, 0.3) is 5.91 Å². The van der Waals surface area contributed by atoms with Crippen LogP contribution >= 0.6 is 0 Å². The Morgan fingerprint density at radius 3 is 2.22 bits per heavy atom. The van der Waals surface area contributed by atoms with Gasteiger partial charge in [0.05, 0.1) is 22.9 Å². The first-order chi connectivity index (χ1) is 30.2. The Bertz CT molecular complexity index is 2510. The van der Waals surface area contributed by atoms with Gasteiger partial charge in [-0.15, -0.1) is 0 Å². The van der Waals surface area contributed by atoms with Gasteiger partial charge >= 0.3 is 0 Å². The zero-order valence-corrected chi connectivity index (χ0v) is 36.5. The van der Waals surface area contributed by atoms with Gasteiger partial charge in [-0.05, 0) is 105 Å². The lowest BCUT2D eigenvalue weighted by atomic mass is 9.49. The summed E-state index contributed by atoms with van der Waals surface area (Å²) in [5, 5.41) is 16.0. The van der Waals surface area contributed by atoms with E-state index in [2.05, 4.69) is 76.2 Å². The van der Waals surface area contributed by atoms with Crippen molar-refractivity contribution in [2.75, 3.05) is 55.6 Å². The third kappa shape index (κ3) is 7.73. The Morgan fingerprint density at radius 2 is 1.52 bits per heavy atom. The summed E-state index contributed by atoms with van der Waals surface area (Å²) >= 11 is 0. The van der Waals surface area contributed by atoms with Gasteiger partial charge in [0.15, 0.2) is 11.6 Å². The van der Waals surface area contributed by atoms with Crippen molar-refractivity contribution in [1.29, 1.82) is 5.26 Å². The smallest absolute Gasteiger partial charge is 0.251 e. The first-order valence-electron chi connectivity index (χ1n) is 22.4. The topological polar surface area (TPSA) is 165 Å². The van der Waals surface area contributed by atoms with Crippen molar-refractivity contribution in [2.24, 2.45) is 28.6 Å². The van der Waals surface area contributed by atoms with Gasteiger partial charge in [0.2, 0.25) is 11.8 Å². The van der Waals surface area contributed by atoms with E-state index < -0.39 is 17.7 Å². The Labute approximate surface area is 368 Å². The van der Waals surface area contributed by atoms with Gasteiger partial charge in [-0.3, -0.25) is 39.2 Å². The van der Waals surface area contributed by atoms with Gasteiger partial charge in [-0.1, -0.05) is 27.7 Å². The second kappa shape index (κ2) is 16.5. The number of aromatic nitrogens is 1. The Balaban J connectivity index is 0.721. The van der Waals surface area contributed by atoms with Gasteiger partial charge in [0, 0.05) is 102 Å². The highest BCUT2D eigenvalue weighted by atomic mass is 16.5. The number of nitriles is 1. The van der Waals surface area contributed by atoms with Crippen LogP contribution in [0.1, 0.15) is 96.4 Å². The number of imide groups is 1. The number of rotatable bonds is 10. The van der Waals surface area contributed by atoms with Crippen molar-refractivity contribution in [3.8, 4) is 11.8 Å². The minimum Gasteiger partial charge on any atom is -0.488 e. The highest BCUT2D eigenvalue weighted by Crippen LogP contribution is 2.56. The molecule has 3 amide bonds. The standard InChI is InChI=1S/C50H55N7O6/c1-49(2)47(50(3,4)48(49)63-39-15-9-32(29-51)42-36(39)6-5-20-52-42)54-45(61)31-7-10-33(11-8-31)56-22-18-30(19-23-56)17-21-55-24-26-57(27-25-55)34-12-13-35-38(28-34)44(60)41(43(35)59)37-14-16-40(58)53-46(37)62/h5-13,15,20,28,30,37,41,47-48H,14,16-19,21-27H2,1-4H3,(H,54,61)(H,53,58,62). The van der Waals surface area contributed by atoms with E-state index in [0.717, 1.165) is 81.8 Å². The van der Waals surface area contributed by atoms with Crippen LogP contribution in [0.25, 0.3) is 10.9 Å². The molecule has 63 heavy (non-hydrogen) atoms. The first kappa shape index (κ1) is 42.2. The predicted molar refractivity (Wildman–Crippen MR) is 239 cm³/mol. The van der Waals surface area contributed by atoms with Crippen LogP contribution in [-0.4, -0.2) is 97.1 Å². The molecule has 4 aromatic rings. The molecule has 2 unspecified atom stereocenters. The molecule has 1 aromatic heterocycles. The number of Topliss-reactive ketones (excluding diaryl/α,β-unsaturated/α-hetero) is 2. The van der Waals surface area contributed by atoms with Gasteiger partial charge in [0.1, 0.15) is 17.9 Å². The van der Waals surface area contributed by atoms with E-state index >= 15 is 0 Å². The number of hydrogen-bond donors (Lipinski definition) is 2. The zero-order valence-electron chi connectivity index (χ0n) is 36.5. The molecule has 3 aromatic carbocycles. The van der Waals surface area contributed by atoms with E-state index in [-0.39, 0.29) is 59.2 Å². The van der Waals surface area contributed by atoms with Crippen LogP contribution in [0.5, 0.6) is 5.75 Å². The summed E-state index contributed by atoms with van der Waals surface area (Å²) < 4.78 is 6.66. The van der Waals surface area contributed by atoms with Crippen LogP contribution in [0, 0.1) is 39.9 Å². The van der Waals surface area contributed by atoms with Crippen LogP contribution in [0.4, 0.5) is 11.4 Å². The van der Waals surface area contributed by atoms with Crippen molar-refractivity contribution >= 4 is 51.6 Å². The van der Waals surface area contributed by atoms with Crippen molar-refractivity contribution in [2.45, 2.75) is 71.9 Å². The molecule has 0 radical (unpaired) electrons. The Morgan fingerprint density at radius 1 is 0.841 bits per heavy atom. The minimum absolute atomic E-state index is 0.0993. The lowest BCUT2D eigenvalue weighted by Gasteiger charge is -2.63. The summed E-state index contributed by atoms with van der Waals surface area (Å²) in [7, 11) is 0. The van der Waals surface area contributed by atoms with E-state index in [0.29, 0.717) is 39.4 Å². The Hall–Kier alpha value is -6.13. The normalized spacial score (nSPS) is 24.7. The van der Waals surface area contributed by atoms with Crippen LogP contribution < -0.4 is 25.2 Å². The lowest BCUT2D eigenvalue weighted by Crippen LogP contribution is -2.74. The molecule has 0 spiro atoms. The van der Waals surface area contributed by atoms with E-state index in [1.807, 2.05) is 42.5 Å². The summed E-state index contributed by atoms with van der Waals surface area (Å²) in [6.07, 6.45) is 5.23. The number of piperidine rings is 2. The number of ketones is 2. The lowest BCUT2D eigenvalue weighted by molar-refractivity contribution is -0.163. The number of carbonyl (C=O) groups excluding carboxylic acids is 5. The maximum atomic E-state index is 13.6. The summed E-state index contributed by atoms with van der Waals surface area (Å²) in [6, 6.07) is 22.9. The molecule has 326 valence electrons. The summed E-state index contributed by atoms with van der Waals surface area (Å²) in [5.74, 6) is -2.15. The molecule has 5 aliphatic rings. The van der Waals surface area contributed by atoms with Crippen LogP contribution in [-0.2, 0) is 9.59 Å². The van der Waals surface area contributed by atoms with Crippen molar-refractivity contribution in [3.05, 3.63) is 95.2 Å². The number of nitrogens with zero attached hydrogens (tertiary/aromatic N) is 5. The van der Waals surface area contributed by atoms with Crippen molar-refractivity contribution < 1.29 is 28.7 Å². The van der Waals surface area contributed by atoms with E-state index in [4.69, 9.17) is 4.74 Å². The molecular weight excluding hydrogens is 795 g/mol. The van der Waals surface area contributed by atoms with Crippen LogP contribution in [0.2, 0.25) is 0 Å². The number of fused-ring (bicyclic) bond motifs is 2. The maximum absolute atomic E-state index is 13.6. The molecule has 2 N–H and O–H groups in total. The van der Waals surface area contributed by atoms with Gasteiger partial charge in [-0.2, -0.15) is 5.26 Å². The molecule has 0 bridgehead atoms. The summed E-state index contributed by atoms with van der Waals surface area (Å²) in [5.41, 5.74) is 3.85. The molecule has 2 atom stereocenters. The minimum atomic E-state index is -1.05.